The van der Waals surface area contributed by atoms with Gasteiger partial charge >= 0.3 is 6.09 Å². The summed E-state index contributed by atoms with van der Waals surface area (Å²) in [6.45, 7) is 1.45. The standard InChI is InChI=1S/C23H25BrN6O3/c1-32-20-13-15(33-23(31)30-11-5-2-6-12-30)9-10-19(20)28-22-26-14-16(24)21(29-22)27-18-8-4-3-7-17(18)25/h3-4,7-10,13-14H,2,5-6,11-12,25H2,1H3,(H2,26,27,28,29). The van der Waals surface area contributed by atoms with Crippen molar-refractivity contribution in [2.75, 3.05) is 36.6 Å². The number of likely N-dealkylation sites (tertiary alicyclic amines) is 1. The van der Waals surface area contributed by atoms with Crippen molar-refractivity contribution in [3.8, 4) is 11.5 Å². The average Bonchev–Trinajstić information content (AvgIpc) is 2.84. The van der Waals surface area contributed by atoms with E-state index in [1.807, 2.05) is 18.2 Å². The van der Waals surface area contributed by atoms with E-state index in [1.54, 1.807) is 42.5 Å². The van der Waals surface area contributed by atoms with E-state index in [2.05, 4.69) is 36.5 Å². The first-order valence-electron chi connectivity index (χ1n) is 10.6. The number of nitrogens with two attached hydrogens (primary N) is 1. The molecule has 0 atom stereocenters. The van der Waals surface area contributed by atoms with E-state index in [4.69, 9.17) is 15.2 Å². The number of aromatic nitrogens is 2. The van der Waals surface area contributed by atoms with E-state index in [0.717, 1.165) is 38.0 Å². The minimum absolute atomic E-state index is 0.343. The largest absolute Gasteiger partial charge is 0.494 e. The van der Waals surface area contributed by atoms with Crippen molar-refractivity contribution < 1.29 is 14.3 Å². The van der Waals surface area contributed by atoms with Gasteiger partial charge in [-0.25, -0.2) is 9.78 Å². The molecule has 0 saturated carbocycles. The number of para-hydroxylation sites is 2. The van der Waals surface area contributed by atoms with Crippen LogP contribution < -0.4 is 25.8 Å². The van der Waals surface area contributed by atoms with Gasteiger partial charge in [-0.3, -0.25) is 0 Å². The number of benzene rings is 2. The van der Waals surface area contributed by atoms with Gasteiger partial charge in [-0.2, -0.15) is 4.98 Å². The molecule has 0 unspecified atom stereocenters. The molecule has 1 aliphatic rings. The van der Waals surface area contributed by atoms with Crippen LogP contribution in [0.5, 0.6) is 11.5 Å². The Morgan fingerprint density at radius 3 is 2.64 bits per heavy atom. The van der Waals surface area contributed by atoms with E-state index in [9.17, 15) is 4.79 Å². The average molecular weight is 513 g/mol. The lowest BCUT2D eigenvalue weighted by molar-refractivity contribution is 0.142. The van der Waals surface area contributed by atoms with Gasteiger partial charge in [0.25, 0.3) is 0 Å². The lowest BCUT2D eigenvalue weighted by Crippen LogP contribution is -2.37. The predicted molar refractivity (Wildman–Crippen MR) is 132 cm³/mol. The second kappa shape index (κ2) is 10.4. The molecule has 1 aromatic heterocycles. The number of anilines is 5. The summed E-state index contributed by atoms with van der Waals surface area (Å²) in [5.74, 6) is 1.81. The minimum Gasteiger partial charge on any atom is -0.494 e. The molecular formula is C23H25BrN6O3. The fourth-order valence-corrected chi connectivity index (χ4v) is 3.74. The number of carbonyl (C=O) groups is 1. The molecule has 172 valence electrons. The highest BCUT2D eigenvalue weighted by Gasteiger charge is 2.19. The Hall–Kier alpha value is -3.53. The van der Waals surface area contributed by atoms with Crippen LogP contribution in [0.3, 0.4) is 0 Å². The van der Waals surface area contributed by atoms with Gasteiger partial charge in [-0.1, -0.05) is 12.1 Å². The van der Waals surface area contributed by atoms with Crippen molar-refractivity contribution >= 4 is 50.9 Å². The van der Waals surface area contributed by atoms with Crippen molar-refractivity contribution in [3.63, 3.8) is 0 Å². The number of rotatable bonds is 6. The Balaban J connectivity index is 1.49. The van der Waals surface area contributed by atoms with Crippen LogP contribution in [0, 0.1) is 0 Å². The molecule has 10 heteroatoms. The van der Waals surface area contributed by atoms with Crippen LogP contribution in [-0.4, -0.2) is 41.2 Å². The molecule has 0 radical (unpaired) electrons. The van der Waals surface area contributed by atoms with E-state index in [-0.39, 0.29) is 6.09 Å². The van der Waals surface area contributed by atoms with Gasteiger partial charge in [0.1, 0.15) is 17.3 Å². The number of halogens is 1. The zero-order chi connectivity index (χ0) is 23.2. The number of methoxy groups -OCH3 is 1. The smallest absolute Gasteiger partial charge is 0.415 e. The summed E-state index contributed by atoms with van der Waals surface area (Å²) >= 11 is 3.46. The molecule has 1 saturated heterocycles. The highest BCUT2D eigenvalue weighted by Crippen LogP contribution is 2.33. The van der Waals surface area contributed by atoms with Crippen molar-refractivity contribution in [2.45, 2.75) is 19.3 Å². The number of hydrogen-bond donors (Lipinski definition) is 3. The first kappa shape index (κ1) is 22.7. The number of hydrogen-bond acceptors (Lipinski definition) is 8. The van der Waals surface area contributed by atoms with Crippen LogP contribution >= 0.6 is 15.9 Å². The van der Waals surface area contributed by atoms with E-state index >= 15 is 0 Å². The van der Waals surface area contributed by atoms with Crippen LogP contribution in [0.15, 0.2) is 53.1 Å². The van der Waals surface area contributed by atoms with Crippen molar-refractivity contribution in [3.05, 3.63) is 53.1 Å². The quantitative estimate of drug-likeness (QED) is 0.381. The van der Waals surface area contributed by atoms with Crippen molar-refractivity contribution in [1.82, 2.24) is 14.9 Å². The zero-order valence-electron chi connectivity index (χ0n) is 18.2. The summed E-state index contributed by atoms with van der Waals surface area (Å²) in [4.78, 5) is 23.0. The van der Waals surface area contributed by atoms with Gasteiger partial charge in [0.15, 0.2) is 0 Å². The Labute approximate surface area is 200 Å². The summed E-state index contributed by atoms with van der Waals surface area (Å²) in [5, 5.41) is 6.35. The molecule has 2 heterocycles. The molecule has 0 bridgehead atoms. The summed E-state index contributed by atoms with van der Waals surface area (Å²) < 4.78 is 11.7. The first-order valence-corrected chi connectivity index (χ1v) is 11.4. The molecule has 1 amide bonds. The van der Waals surface area contributed by atoms with Gasteiger partial charge in [0.2, 0.25) is 5.95 Å². The van der Waals surface area contributed by atoms with Gasteiger partial charge in [0, 0.05) is 25.4 Å². The number of piperidine rings is 1. The molecule has 1 fully saturated rings. The first-order chi connectivity index (χ1) is 16.0. The molecule has 2 aromatic carbocycles. The Morgan fingerprint density at radius 2 is 1.88 bits per heavy atom. The fourth-order valence-electron chi connectivity index (χ4n) is 3.45. The molecule has 9 nitrogen and oxygen atoms in total. The highest BCUT2D eigenvalue weighted by atomic mass is 79.9. The molecular weight excluding hydrogens is 488 g/mol. The maximum absolute atomic E-state index is 12.4. The third kappa shape index (κ3) is 5.64. The van der Waals surface area contributed by atoms with Crippen LogP contribution in [-0.2, 0) is 0 Å². The molecule has 1 aliphatic heterocycles. The highest BCUT2D eigenvalue weighted by molar-refractivity contribution is 9.10. The summed E-state index contributed by atoms with van der Waals surface area (Å²) in [7, 11) is 1.55. The topological polar surface area (TPSA) is 115 Å². The third-order valence-electron chi connectivity index (χ3n) is 5.20. The van der Waals surface area contributed by atoms with Gasteiger partial charge in [-0.15, -0.1) is 0 Å². The molecule has 4 N–H and O–H groups in total. The summed E-state index contributed by atoms with van der Waals surface area (Å²) in [5.41, 5.74) is 7.99. The van der Waals surface area contributed by atoms with Gasteiger partial charge < -0.3 is 30.7 Å². The number of ether oxygens (including phenoxy) is 2. The maximum atomic E-state index is 12.4. The van der Waals surface area contributed by atoms with Gasteiger partial charge in [0.05, 0.1) is 28.6 Å². The number of nitrogens with zero attached hydrogens (tertiary/aromatic N) is 3. The SMILES string of the molecule is COc1cc(OC(=O)N2CCCCC2)ccc1Nc1ncc(Br)c(Nc2ccccc2N)n1. The molecule has 33 heavy (non-hydrogen) atoms. The van der Waals surface area contributed by atoms with Gasteiger partial charge in [-0.05, 0) is 59.5 Å². The molecule has 3 aromatic rings. The predicted octanol–water partition coefficient (Wildman–Crippen LogP) is 5.30. The van der Waals surface area contributed by atoms with E-state index < -0.39 is 0 Å². The second-order valence-electron chi connectivity index (χ2n) is 7.51. The van der Waals surface area contributed by atoms with Crippen molar-refractivity contribution in [2.24, 2.45) is 0 Å². The third-order valence-corrected chi connectivity index (χ3v) is 5.78. The summed E-state index contributed by atoms with van der Waals surface area (Å²) in [6.07, 6.45) is 4.44. The Bertz CT molecular complexity index is 1140. The van der Waals surface area contributed by atoms with Crippen molar-refractivity contribution in [1.29, 1.82) is 0 Å². The lowest BCUT2D eigenvalue weighted by Gasteiger charge is -2.25. The van der Waals surface area contributed by atoms with Crippen LogP contribution in [0.2, 0.25) is 0 Å². The molecule has 0 aliphatic carbocycles. The Kier molecular flexibility index (Phi) is 7.13. The number of carbonyl (C=O) groups excluding carboxylic acids is 1. The second-order valence-corrected chi connectivity index (χ2v) is 8.36. The number of nitrogens with one attached hydrogen (secondary N) is 2. The van der Waals surface area contributed by atoms with E-state index in [0.29, 0.717) is 39.1 Å². The number of amides is 1. The monoisotopic (exact) mass is 512 g/mol. The van der Waals surface area contributed by atoms with Crippen LogP contribution in [0.1, 0.15) is 19.3 Å². The molecule has 4 rings (SSSR count). The van der Waals surface area contributed by atoms with Crippen LogP contribution in [0.25, 0.3) is 0 Å². The molecule has 0 spiro atoms. The van der Waals surface area contributed by atoms with E-state index in [1.165, 1.54) is 0 Å². The Morgan fingerprint density at radius 1 is 1.09 bits per heavy atom. The normalized spacial score (nSPS) is 13.3. The van der Waals surface area contributed by atoms with Crippen LogP contribution in [0.4, 0.5) is 33.6 Å². The maximum Gasteiger partial charge on any atom is 0.415 e. The lowest BCUT2D eigenvalue weighted by atomic mass is 10.1. The fraction of sp³-hybridized carbons (Fsp3) is 0.261. The zero-order valence-corrected chi connectivity index (χ0v) is 19.8. The number of nitrogen functional groups attached to an aromatic ring is 1. The minimum atomic E-state index is -0.343. The summed E-state index contributed by atoms with van der Waals surface area (Å²) in [6, 6.07) is 12.5.